The Bertz CT molecular complexity index is 1530. The van der Waals surface area contributed by atoms with E-state index >= 15 is 0 Å². The number of aromatic nitrogens is 2. The quantitative estimate of drug-likeness (QED) is 0.279. The van der Waals surface area contributed by atoms with Gasteiger partial charge in [0.05, 0.1) is 18.8 Å². The summed E-state index contributed by atoms with van der Waals surface area (Å²) in [7, 11) is 0. The van der Waals surface area contributed by atoms with Crippen molar-refractivity contribution in [1.82, 2.24) is 19.8 Å². The molecule has 2 saturated heterocycles. The van der Waals surface area contributed by atoms with Gasteiger partial charge in [-0.3, -0.25) is 9.69 Å². The number of carbonyl (C=O) groups excluding carboxylic acids is 1. The van der Waals surface area contributed by atoms with Crippen LogP contribution in [0.15, 0.2) is 55.1 Å². The van der Waals surface area contributed by atoms with Crippen molar-refractivity contribution >= 4 is 55.2 Å². The smallest absolute Gasteiger partial charge is 0.318 e. The number of hydrogen-bond donors (Lipinski definition) is 1. The van der Waals surface area contributed by atoms with Crippen LogP contribution in [0.1, 0.15) is 24.1 Å². The van der Waals surface area contributed by atoms with Crippen molar-refractivity contribution in [2.45, 2.75) is 37.9 Å². The van der Waals surface area contributed by atoms with Gasteiger partial charge in [-0.15, -0.1) is 0 Å². The Kier molecular flexibility index (Phi) is 12.0. The van der Waals surface area contributed by atoms with E-state index in [1.54, 1.807) is 4.90 Å². The van der Waals surface area contributed by atoms with Crippen LogP contribution in [0.5, 0.6) is 6.01 Å². The number of aliphatic hydroxyl groups is 1. The summed E-state index contributed by atoms with van der Waals surface area (Å²) in [6.45, 7) is 16.7. The van der Waals surface area contributed by atoms with Gasteiger partial charge in [0.25, 0.3) is 0 Å². The highest BCUT2D eigenvalue weighted by Crippen LogP contribution is 2.35. The van der Waals surface area contributed by atoms with Crippen LogP contribution in [0.4, 0.5) is 11.5 Å². The average Bonchev–Trinajstić information content (AvgIpc) is 3.49. The minimum absolute atomic E-state index is 0. The number of likely N-dealkylation sites (tertiary alicyclic amines) is 1. The van der Waals surface area contributed by atoms with Crippen molar-refractivity contribution in [3.63, 3.8) is 0 Å². The van der Waals surface area contributed by atoms with Crippen LogP contribution in [0.25, 0.3) is 15.6 Å². The van der Waals surface area contributed by atoms with Gasteiger partial charge in [0.15, 0.2) is 0 Å². The topological polar surface area (TPSA) is 89.6 Å². The molecule has 0 unspecified atom stereocenters. The Morgan fingerprint density at radius 1 is 1.07 bits per heavy atom. The summed E-state index contributed by atoms with van der Waals surface area (Å²) in [5.41, 5.74) is 3.24. The van der Waals surface area contributed by atoms with Gasteiger partial charge in [0, 0.05) is 55.4 Å². The van der Waals surface area contributed by atoms with Crippen molar-refractivity contribution in [1.29, 1.82) is 0 Å². The third-order valence-electron chi connectivity index (χ3n) is 8.96. The summed E-state index contributed by atoms with van der Waals surface area (Å²) in [5, 5.41) is 11.9. The molecule has 2 fully saturated rings. The highest BCUT2D eigenvalue weighted by Gasteiger charge is 2.35. The first-order valence-electron chi connectivity index (χ1n) is 15.2. The average molecular weight is 650 g/mol. The fraction of sp³-hybridized carbons (Fsp3) is 0.455. The molecule has 3 aromatic rings. The molecule has 3 aliphatic heterocycles. The molecule has 1 aromatic heterocycles. The normalized spacial score (nSPS) is 19.7. The van der Waals surface area contributed by atoms with E-state index in [0.29, 0.717) is 45.3 Å². The van der Waals surface area contributed by atoms with Gasteiger partial charge in [0.1, 0.15) is 18.5 Å². The third-order valence-corrected chi connectivity index (χ3v) is 8.96. The molecule has 12 heteroatoms. The minimum atomic E-state index is -0.243. The first kappa shape index (κ1) is 34.4. The summed E-state index contributed by atoms with van der Waals surface area (Å²) in [5.74, 6) is 0.702. The monoisotopic (exact) mass is 649 g/mol. The maximum absolute atomic E-state index is 12.5. The minimum Gasteiger partial charge on any atom is -0.462 e. The second-order valence-corrected chi connectivity index (χ2v) is 11.5. The van der Waals surface area contributed by atoms with Gasteiger partial charge in [-0.1, -0.05) is 43.0 Å². The first-order chi connectivity index (χ1) is 21.1. The van der Waals surface area contributed by atoms with Gasteiger partial charge >= 0.3 is 6.01 Å². The fourth-order valence-corrected chi connectivity index (χ4v) is 6.80. The summed E-state index contributed by atoms with van der Waals surface area (Å²) >= 11 is 0. The van der Waals surface area contributed by atoms with Crippen LogP contribution in [0, 0.1) is 6.57 Å². The highest BCUT2D eigenvalue weighted by molar-refractivity contribution is 7.59. The molecule has 1 N–H and O–H groups in total. The molecule has 10 nitrogen and oxygen atoms in total. The fourth-order valence-electron chi connectivity index (χ4n) is 6.80. The molecular formula is C33H43N7O3S2. The molecule has 4 heterocycles. The zero-order valence-electron chi connectivity index (χ0n) is 25.6. The van der Waals surface area contributed by atoms with E-state index in [0.717, 1.165) is 49.4 Å². The Labute approximate surface area is 279 Å². The number of ether oxygens (including phenoxy) is 1. The number of rotatable bonds is 9. The summed E-state index contributed by atoms with van der Waals surface area (Å²) < 4.78 is 6.31. The van der Waals surface area contributed by atoms with E-state index < -0.39 is 0 Å². The van der Waals surface area contributed by atoms with Gasteiger partial charge in [-0.05, 0) is 43.3 Å². The Morgan fingerprint density at radius 3 is 2.69 bits per heavy atom. The lowest BCUT2D eigenvalue weighted by Gasteiger charge is -2.41. The van der Waals surface area contributed by atoms with Crippen molar-refractivity contribution in [3.05, 3.63) is 77.8 Å². The van der Waals surface area contributed by atoms with Crippen LogP contribution in [0.3, 0.4) is 0 Å². The highest BCUT2D eigenvalue weighted by atomic mass is 32.1. The summed E-state index contributed by atoms with van der Waals surface area (Å²) in [6.07, 6.45) is 4.21. The molecular weight excluding hydrogens is 607 g/mol. The van der Waals surface area contributed by atoms with E-state index in [2.05, 4.69) is 68.6 Å². The number of benzene rings is 2. The molecule has 240 valence electrons. The lowest BCUT2D eigenvalue weighted by atomic mass is 10.0. The molecule has 0 radical (unpaired) electrons. The van der Waals surface area contributed by atoms with Crippen molar-refractivity contribution < 1.29 is 14.6 Å². The van der Waals surface area contributed by atoms with Crippen molar-refractivity contribution in [2.24, 2.45) is 0 Å². The zero-order valence-corrected chi connectivity index (χ0v) is 27.6. The molecule has 3 aliphatic rings. The largest absolute Gasteiger partial charge is 0.462 e. The molecule has 2 atom stereocenters. The number of amides is 1. The molecule has 0 bridgehead atoms. The number of aliphatic hydroxyl groups excluding tert-OH is 1. The van der Waals surface area contributed by atoms with E-state index in [-0.39, 0.29) is 58.1 Å². The van der Waals surface area contributed by atoms with Gasteiger partial charge in [-0.2, -0.15) is 37.0 Å². The predicted octanol–water partition coefficient (Wildman–Crippen LogP) is 3.38. The van der Waals surface area contributed by atoms with Crippen LogP contribution >= 0.6 is 27.0 Å². The van der Waals surface area contributed by atoms with Crippen molar-refractivity contribution in [3.8, 4) is 6.01 Å². The number of β-amino-alcohol motifs (C(OH)–C–C–N with tert-alkyl or cyclic N) is 1. The Morgan fingerprint density at radius 2 is 1.89 bits per heavy atom. The summed E-state index contributed by atoms with van der Waals surface area (Å²) in [6, 6.07) is 15.2. The van der Waals surface area contributed by atoms with Crippen LogP contribution in [-0.4, -0.2) is 102 Å². The number of carbonyl (C=O) groups is 1. The molecule has 1 amide bonds. The van der Waals surface area contributed by atoms with Gasteiger partial charge in [-0.25, -0.2) is 6.57 Å². The molecule has 0 spiro atoms. The lowest BCUT2D eigenvalue weighted by Crippen LogP contribution is -2.56. The number of fused-ring (bicyclic) bond motifs is 2. The number of nitrogens with zero attached hydrogens (tertiary/aromatic N) is 7. The summed E-state index contributed by atoms with van der Waals surface area (Å²) in [4.78, 5) is 34.7. The van der Waals surface area contributed by atoms with Crippen LogP contribution in [0.2, 0.25) is 0 Å². The number of hydrogen-bond acceptors (Lipinski definition) is 8. The third kappa shape index (κ3) is 7.33. The van der Waals surface area contributed by atoms with Gasteiger partial charge in [0.2, 0.25) is 12.5 Å². The van der Waals surface area contributed by atoms with E-state index in [4.69, 9.17) is 21.3 Å². The van der Waals surface area contributed by atoms with E-state index in [1.165, 1.54) is 22.5 Å². The zero-order chi connectivity index (χ0) is 29.8. The second kappa shape index (κ2) is 15.7. The van der Waals surface area contributed by atoms with Crippen molar-refractivity contribution in [2.75, 3.05) is 68.8 Å². The number of anilines is 2. The molecule has 45 heavy (non-hydrogen) atoms. The predicted molar refractivity (Wildman–Crippen MR) is 188 cm³/mol. The van der Waals surface area contributed by atoms with E-state index in [1.807, 2.05) is 0 Å². The van der Waals surface area contributed by atoms with E-state index in [9.17, 15) is 9.90 Å². The Hall–Kier alpha value is -3.50. The molecule has 0 aliphatic carbocycles. The SMILES string of the molecule is S.S.[C-]#[N+]C[C@H]1CN(c2nc(OC[C@@H]3CCCN3CCO)nc3c2CCN(c2cccc4ccccc24)C3)CCN1C(=O)C=C. The second-order valence-electron chi connectivity index (χ2n) is 11.5. The van der Waals surface area contributed by atoms with Crippen LogP contribution < -0.4 is 14.5 Å². The van der Waals surface area contributed by atoms with Gasteiger partial charge < -0.3 is 29.4 Å². The number of piperazine rings is 1. The maximum atomic E-state index is 12.5. The molecule has 6 rings (SSSR count). The Balaban J connectivity index is 0.00000230. The van der Waals surface area contributed by atoms with Crippen LogP contribution in [-0.2, 0) is 17.8 Å². The standard InChI is InChI=1S/C33H39N7O3.2H2S/c1-3-31(42)40-17-16-39(21-26(40)20-34-2)32-28-13-15-38(30-12-6-9-24-8-4-5-11-27(24)30)22-29(28)35-33(36-32)43-23-25-10-7-14-37(25)18-19-41;;/h3-6,8-9,11-12,25-26,41H,1,7,10,13-23H2;2*1H2/t25-,26-;;/m0../s1. The molecule has 2 aromatic carbocycles. The first-order valence-corrected chi connectivity index (χ1v) is 15.2. The lowest BCUT2D eigenvalue weighted by molar-refractivity contribution is -0.128. The maximum Gasteiger partial charge on any atom is 0.318 e. The molecule has 0 saturated carbocycles.